The average Bonchev–Trinajstić information content (AvgIpc) is 3.57. The number of rotatable bonds is 10. The fourth-order valence-electron chi connectivity index (χ4n) is 15.4. The molecule has 0 aromatic carbocycles. The van der Waals surface area contributed by atoms with Crippen LogP contribution in [0.15, 0.2) is 36.5 Å². The summed E-state index contributed by atoms with van der Waals surface area (Å²) in [6.07, 6.45) is 12.5. The van der Waals surface area contributed by atoms with E-state index in [1.807, 2.05) is 32.6 Å². The molecule has 9 heteroatoms. The molecule has 334 valence electrons. The first kappa shape index (κ1) is 44.1. The number of esters is 2. The standard InChI is InChI=1S/C51H78N2O7/c1-30(2)34-14-19-51(28-58-29-52-40-27-35(32(40)4)44(54)53-22-24-57-25-23-53)21-20-49(10)39(43(34)51)12-13-42-48(9)17-16-41(33(5)38(48)15-18-50(42,49)11)59-45(55)36-26-37(31(36)3)46(56)60-47(6,7)8/h31,34-43,52H,1,4-5,12-29H2,2-3,6-11H3/t31-,34+,35-,36?,37?,38+,39-,40?,41?,42-,43-,48+,49-,50-,51-/m1/s1. The second kappa shape index (κ2) is 15.9. The molecule has 1 heterocycles. The van der Waals surface area contributed by atoms with Crippen LogP contribution in [-0.4, -0.2) is 80.1 Å². The minimum absolute atomic E-state index is 0.0811. The Morgan fingerprint density at radius 2 is 1.57 bits per heavy atom. The van der Waals surface area contributed by atoms with E-state index < -0.39 is 5.60 Å². The van der Waals surface area contributed by atoms with Gasteiger partial charge in [0, 0.05) is 19.1 Å². The second-order valence-electron chi connectivity index (χ2n) is 23.0. The van der Waals surface area contributed by atoms with Crippen LogP contribution in [0.25, 0.3) is 0 Å². The van der Waals surface area contributed by atoms with Gasteiger partial charge in [-0.1, -0.05) is 53.0 Å². The van der Waals surface area contributed by atoms with Gasteiger partial charge in [0.1, 0.15) is 11.7 Å². The molecular weight excluding hydrogens is 753 g/mol. The number of nitrogens with zero attached hydrogens (tertiary/aromatic N) is 1. The number of carbonyl (C=O) groups excluding carboxylic acids is 3. The van der Waals surface area contributed by atoms with Crippen molar-refractivity contribution in [3.05, 3.63) is 36.5 Å². The third-order valence-corrected chi connectivity index (χ3v) is 19.2. The first-order chi connectivity index (χ1) is 28.2. The van der Waals surface area contributed by atoms with Gasteiger partial charge in [0.15, 0.2) is 0 Å². The lowest BCUT2D eigenvalue weighted by atomic mass is 9.33. The molecule has 1 amide bonds. The van der Waals surface area contributed by atoms with Crippen molar-refractivity contribution in [2.75, 3.05) is 39.6 Å². The number of nitrogens with one attached hydrogen (secondary N) is 1. The van der Waals surface area contributed by atoms with Crippen LogP contribution in [0.4, 0.5) is 0 Å². The Labute approximate surface area is 361 Å². The van der Waals surface area contributed by atoms with Gasteiger partial charge < -0.3 is 23.8 Å². The molecule has 60 heavy (non-hydrogen) atoms. The van der Waals surface area contributed by atoms with E-state index in [4.69, 9.17) is 25.5 Å². The molecule has 0 bridgehead atoms. The molecule has 1 saturated heterocycles. The molecule has 8 rings (SSSR count). The smallest absolute Gasteiger partial charge is 0.309 e. The molecule has 0 aromatic heterocycles. The van der Waals surface area contributed by atoms with Crippen molar-refractivity contribution in [2.24, 2.45) is 74.9 Å². The highest BCUT2D eigenvalue weighted by atomic mass is 16.6. The van der Waals surface area contributed by atoms with Gasteiger partial charge in [-0.05, 0) is 173 Å². The summed E-state index contributed by atoms with van der Waals surface area (Å²) in [5, 5.41) is 3.60. The molecule has 9 nitrogen and oxygen atoms in total. The Bertz CT molecular complexity index is 1750. The lowest BCUT2D eigenvalue weighted by molar-refractivity contribution is -0.226. The van der Waals surface area contributed by atoms with Gasteiger partial charge in [0.25, 0.3) is 0 Å². The first-order valence-electron chi connectivity index (χ1n) is 23.9. The van der Waals surface area contributed by atoms with E-state index in [9.17, 15) is 14.4 Å². The quantitative estimate of drug-likeness (QED) is 0.101. The van der Waals surface area contributed by atoms with Crippen LogP contribution in [0.1, 0.15) is 132 Å². The van der Waals surface area contributed by atoms with E-state index in [2.05, 4.69) is 46.2 Å². The lowest BCUT2D eigenvalue weighted by Crippen LogP contribution is -2.65. The summed E-state index contributed by atoms with van der Waals surface area (Å²) in [4.78, 5) is 41.4. The van der Waals surface area contributed by atoms with Crippen LogP contribution in [0, 0.1) is 74.9 Å². The first-order valence-corrected chi connectivity index (χ1v) is 23.9. The molecule has 7 aliphatic carbocycles. The minimum Gasteiger partial charge on any atom is -0.460 e. The van der Waals surface area contributed by atoms with Crippen LogP contribution in [-0.2, 0) is 33.3 Å². The van der Waals surface area contributed by atoms with Crippen molar-refractivity contribution in [1.29, 1.82) is 0 Å². The number of ether oxygens (including phenoxy) is 4. The van der Waals surface area contributed by atoms with Crippen molar-refractivity contribution >= 4 is 17.8 Å². The molecule has 7 saturated carbocycles. The van der Waals surface area contributed by atoms with Crippen molar-refractivity contribution in [1.82, 2.24) is 10.2 Å². The normalized spacial score (nSPS) is 44.9. The van der Waals surface area contributed by atoms with Crippen molar-refractivity contribution in [3.8, 4) is 0 Å². The number of amides is 1. The van der Waals surface area contributed by atoms with Crippen LogP contribution in [0.3, 0.4) is 0 Å². The molecule has 15 atom stereocenters. The fourth-order valence-corrected chi connectivity index (χ4v) is 15.4. The summed E-state index contributed by atoms with van der Waals surface area (Å²) < 4.78 is 24.1. The predicted octanol–water partition coefficient (Wildman–Crippen LogP) is 9.07. The van der Waals surface area contributed by atoms with Crippen LogP contribution < -0.4 is 5.32 Å². The van der Waals surface area contributed by atoms with Crippen LogP contribution >= 0.6 is 0 Å². The number of fused-ring (bicyclic) bond motifs is 7. The summed E-state index contributed by atoms with van der Waals surface area (Å²) in [7, 11) is 0. The maximum absolute atomic E-state index is 13.6. The van der Waals surface area contributed by atoms with E-state index in [0.717, 1.165) is 43.4 Å². The number of hydrogen-bond donors (Lipinski definition) is 1. The van der Waals surface area contributed by atoms with Gasteiger partial charge in [0.2, 0.25) is 5.91 Å². The average molecular weight is 831 g/mol. The number of allylic oxidation sites excluding steroid dienone is 1. The van der Waals surface area contributed by atoms with Gasteiger partial charge in [0.05, 0.1) is 44.3 Å². The summed E-state index contributed by atoms with van der Waals surface area (Å²) in [5.74, 6) is 1.80. The van der Waals surface area contributed by atoms with Gasteiger partial charge in [-0.3, -0.25) is 19.7 Å². The third-order valence-electron chi connectivity index (χ3n) is 19.2. The van der Waals surface area contributed by atoms with Gasteiger partial charge in [-0.25, -0.2) is 0 Å². The Morgan fingerprint density at radius 3 is 2.23 bits per heavy atom. The zero-order chi connectivity index (χ0) is 43.2. The van der Waals surface area contributed by atoms with Crippen LogP contribution in [0.2, 0.25) is 0 Å². The van der Waals surface area contributed by atoms with E-state index in [1.54, 1.807) is 0 Å². The molecule has 0 radical (unpaired) electrons. The maximum atomic E-state index is 13.6. The SMILES string of the molecule is C=C1C(NCOC[C@]23CC[C@@H](C(=C)C)[C@@H]2[C@H]2CC[C@@H]4[C@@]5(C)CCC(OC(=O)C6CC(C(=O)OC(C)(C)C)[C@@H]6C)C(=C)[C@@H]5CC[C@@]4(C)[C@]2(C)CC3)C[C@H]1C(=O)N1CCOCC1. The molecule has 8 fully saturated rings. The molecule has 4 unspecified atom stereocenters. The van der Waals surface area contributed by atoms with Crippen molar-refractivity contribution in [2.45, 2.75) is 150 Å². The van der Waals surface area contributed by atoms with Crippen molar-refractivity contribution in [3.63, 3.8) is 0 Å². The monoisotopic (exact) mass is 831 g/mol. The topological polar surface area (TPSA) is 103 Å². The maximum Gasteiger partial charge on any atom is 0.309 e. The number of carbonyl (C=O) groups is 3. The zero-order valence-electron chi connectivity index (χ0n) is 38.5. The molecule has 1 aliphatic heterocycles. The molecule has 0 spiro atoms. The van der Waals surface area contributed by atoms with Gasteiger partial charge in [-0.15, -0.1) is 0 Å². The molecule has 0 aromatic rings. The highest BCUT2D eigenvalue weighted by Crippen LogP contribution is 2.77. The minimum atomic E-state index is -0.536. The summed E-state index contributed by atoms with van der Waals surface area (Å²) >= 11 is 0. The Morgan fingerprint density at radius 1 is 0.850 bits per heavy atom. The fraction of sp³-hybridized carbons (Fsp3) is 0.824. The Balaban J connectivity index is 0.895. The second-order valence-corrected chi connectivity index (χ2v) is 23.0. The number of morpholine rings is 1. The Hall–Kier alpha value is -2.49. The third kappa shape index (κ3) is 7.19. The van der Waals surface area contributed by atoms with Crippen LogP contribution in [0.5, 0.6) is 0 Å². The largest absolute Gasteiger partial charge is 0.460 e. The number of hydrogen-bond acceptors (Lipinski definition) is 8. The highest BCUT2D eigenvalue weighted by molar-refractivity contribution is 5.84. The zero-order valence-corrected chi connectivity index (χ0v) is 38.5. The van der Waals surface area contributed by atoms with E-state index >= 15 is 0 Å². The lowest BCUT2D eigenvalue weighted by Gasteiger charge is -2.71. The van der Waals surface area contributed by atoms with Gasteiger partial charge in [-0.2, -0.15) is 0 Å². The Kier molecular flexibility index (Phi) is 11.7. The predicted molar refractivity (Wildman–Crippen MR) is 233 cm³/mol. The summed E-state index contributed by atoms with van der Waals surface area (Å²) in [5.41, 5.74) is 3.63. The van der Waals surface area contributed by atoms with E-state index in [0.29, 0.717) is 69.0 Å². The van der Waals surface area contributed by atoms with E-state index in [1.165, 1.54) is 50.5 Å². The van der Waals surface area contributed by atoms with Crippen molar-refractivity contribution < 1.29 is 33.3 Å². The summed E-state index contributed by atoms with van der Waals surface area (Å²) in [6.45, 7) is 35.3. The van der Waals surface area contributed by atoms with Gasteiger partial charge >= 0.3 is 11.9 Å². The molecule has 1 N–H and O–H groups in total. The van der Waals surface area contributed by atoms with E-state index in [-0.39, 0.29) is 75.3 Å². The molecular formula is C51H78N2O7. The summed E-state index contributed by atoms with van der Waals surface area (Å²) in [6, 6.07) is 0.129. The highest BCUT2D eigenvalue weighted by Gasteiger charge is 2.70. The molecule has 8 aliphatic rings.